The van der Waals surface area contributed by atoms with Crippen LogP contribution in [0, 0.1) is 0 Å². The number of hydrogen-bond donors (Lipinski definition) is 2. The summed E-state index contributed by atoms with van der Waals surface area (Å²) in [4.78, 5) is 8.57. The van der Waals surface area contributed by atoms with Gasteiger partial charge in [0.2, 0.25) is 0 Å². The summed E-state index contributed by atoms with van der Waals surface area (Å²) in [6.45, 7) is 3.05. The van der Waals surface area contributed by atoms with E-state index in [2.05, 4.69) is 43.5 Å². The molecule has 2 aromatic rings. The summed E-state index contributed by atoms with van der Waals surface area (Å²) >= 11 is 3.39. The van der Waals surface area contributed by atoms with E-state index >= 15 is 0 Å². The van der Waals surface area contributed by atoms with Crippen molar-refractivity contribution >= 4 is 33.3 Å². The summed E-state index contributed by atoms with van der Waals surface area (Å²) in [7, 11) is 0. The minimum atomic E-state index is 0.802. The van der Waals surface area contributed by atoms with Crippen LogP contribution in [-0.4, -0.2) is 16.5 Å². The van der Waals surface area contributed by atoms with E-state index in [1.807, 2.05) is 24.3 Å². The quantitative estimate of drug-likeness (QED) is 0.882. The van der Waals surface area contributed by atoms with Gasteiger partial charge in [-0.2, -0.15) is 0 Å². The molecule has 0 saturated carbocycles. The van der Waals surface area contributed by atoms with Gasteiger partial charge in [0.25, 0.3) is 0 Å². The number of rotatable bonds is 5. The maximum absolute atomic E-state index is 4.47. The topological polar surface area (TPSA) is 49.8 Å². The zero-order chi connectivity index (χ0) is 12.8. The van der Waals surface area contributed by atoms with Gasteiger partial charge < -0.3 is 10.6 Å². The SMILES string of the molecule is CCCNc1cccc(Nc2cncc(Br)c2)n1. The van der Waals surface area contributed by atoms with Crippen molar-refractivity contribution in [3.05, 3.63) is 41.1 Å². The van der Waals surface area contributed by atoms with E-state index in [9.17, 15) is 0 Å². The van der Waals surface area contributed by atoms with E-state index in [4.69, 9.17) is 0 Å². The predicted octanol–water partition coefficient (Wildman–Crippen LogP) is 3.80. The third-order valence-corrected chi connectivity index (χ3v) is 2.72. The van der Waals surface area contributed by atoms with Crippen LogP contribution in [0.3, 0.4) is 0 Å². The second kappa shape index (κ2) is 6.35. The van der Waals surface area contributed by atoms with Crippen molar-refractivity contribution in [3.8, 4) is 0 Å². The minimum Gasteiger partial charge on any atom is -0.370 e. The number of hydrogen-bond acceptors (Lipinski definition) is 4. The second-order valence-electron chi connectivity index (χ2n) is 3.85. The van der Waals surface area contributed by atoms with Gasteiger partial charge in [-0.3, -0.25) is 4.98 Å². The molecule has 0 bridgehead atoms. The van der Waals surface area contributed by atoms with Gasteiger partial charge in [0.05, 0.1) is 11.9 Å². The second-order valence-corrected chi connectivity index (χ2v) is 4.77. The number of pyridine rings is 2. The van der Waals surface area contributed by atoms with Crippen molar-refractivity contribution in [3.63, 3.8) is 0 Å². The highest BCUT2D eigenvalue weighted by atomic mass is 79.9. The van der Waals surface area contributed by atoms with Crippen molar-refractivity contribution in [1.29, 1.82) is 0 Å². The molecule has 5 heteroatoms. The average molecular weight is 307 g/mol. The van der Waals surface area contributed by atoms with Gasteiger partial charge >= 0.3 is 0 Å². The Morgan fingerprint density at radius 1 is 1.22 bits per heavy atom. The first-order chi connectivity index (χ1) is 8.78. The first-order valence-electron chi connectivity index (χ1n) is 5.86. The molecule has 0 saturated heterocycles. The molecule has 0 aliphatic heterocycles. The molecule has 94 valence electrons. The molecule has 0 aromatic carbocycles. The van der Waals surface area contributed by atoms with Crippen LogP contribution < -0.4 is 10.6 Å². The molecule has 0 spiro atoms. The third kappa shape index (κ3) is 3.70. The van der Waals surface area contributed by atoms with Crippen LogP contribution in [0.1, 0.15) is 13.3 Å². The van der Waals surface area contributed by atoms with Gasteiger partial charge in [-0.15, -0.1) is 0 Å². The molecule has 2 aromatic heterocycles. The molecule has 0 amide bonds. The van der Waals surface area contributed by atoms with Crippen LogP contribution >= 0.6 is 15.9 Å². The highest BCUT2D eigenvalue weighted by Gasteiger charge is 1.99. The zero-order valence-electron chi connectivity index (χ0n) is 10.2. The van der Waals surface area contributed by atoms with Crippen molar-refractivity contribution in [2.75, 3.05) is 17.2 Å². The molecule has 4 nitrogen and oxygen atoms in total. The van der Waals surface area contributed by atoms with E-state index in [0.717, 1.165) is 34.8 Å². The van der Waals surface area contributed by atoms with Crippen molar-refractivity contribution in [2.45, 2.75) is 13.3 Å². The Bertz CT molecular complexity index is 516. The molecule has 0 unspecified atom stereocenters. The summed E-state index contributed by atoms with van der Waals surface area (Å²) in [6.07, 6.45) is 4.59. The Balaban J connectivity index is 2.09. The fourth-order valence-electron chi connectivity index (χ4n) is 1.48. The molecule has 2 rings (SSSR count). The monoisotopic (exact) mass is 306 g/mol. The summed E-state index contributed by atoms with van der Waals surface area (Å²) in [5.74, 6) is 1.68. The first kappa shape index (κ1) is 12.8. The predicted molar refractivity (Wildman–Crippen MR) is 78.2 cm³/mol. The van der Waals surface area contributed by atoms with Gasteiger partial charge in [0.1, 0.15) is 11.6 Å². The normalized spacial score (nSPS) is 10.1. The smallest absolute Gasteiger partial charge is 0.132 e. The zero-order valence-corrected chi connectivity index (χ0v) is 11.7. The fraction of sp³-hybridized carbons (Fsp3) is 0.231. The lowest BCUT2D eigenvalue weighted by atomic mass is 10.4. The minimum absolute atomic E-state index is 0.802. The summed E-state index contributed by atoms with van der Waals surface area (Å²) in [5, 5.41) is 6.47. The molecule has 2 N–H and O–H groups in total. The third-order valence-electron chi connectivity index (χ3n) is 2.28. The van der Waals surface area contributed by atoms with E-state index in [-0.39, 0.29) is 0 Å². The molecular weight excluding hydrogens is 292 g/mol. The van der Waals surface area contributed by atoms with Crippen molar-refractivity contribution < 1.29 is 0 Å². The Kier molecular flexibility index (Phi) is 4.52. The standard InChI is InChI=1S/C13H15BrN4/c1-2-6-16-12-4-3-5-13(18-12)17-11-7-10(14)8-15-9-11/h3-5,7-9H,2,6H2,1H3,(H2,16,17,18). The first-order valence-corrected chi connectivity index (χ1v) is 6.65. The van der Waals surface area contributed by atoms with E-state index < -0.39 is 0 Å². The van der Waals surface area contributed by atoms with Crippen LogP contribution in [0.2, 0.25) is 0 Å². The highest BCUT2D eigenvalue weighted by Crippen LogP contribution is 2.18. The van der Waals surface area contributed by atoms with Crippen LogP contribution in [0.15, 0.2) is 41.1 Å². The van der Waals surface area contributed by atoms with Crippen LogP contribution in [0.4, 0.5) is 17.3 Å². The van der Waals surface area contributed by atoms with Crippen LogP contribution in [0.25, 0.3) is 0 Å². The number of aromatic nitrogens is 2. The Morgan fingerprint density at radius 3 is 2.83 bits per heavy atom. The lowest BCUT2D eigenvalue weighted by molar-refractivity contribution is 0.970. The molecule has 2 heterocycles. The highest BCUT2D eigenvalue weighted by molar-refractivity contribution is 9.10. The van der Waals surface area contributed by atoms with Gasteiger partial charge in [-0.25, -0.2) is 4.98 Å². The molecule has 18 heavy (non-hydrogen) atoms. The largest absolute Gasteiger partial charge is 0.370 e. The summed E-state index contributed by atoms with van der Waals surface area (Å²) in [5.41, 5.74) is 0.907. The molecule has 0 fully saturated rings. The lowest BCUT2D eigenvalue weighted by Gasteiger charge is -2.08. The van der Waals surface area contributed by atoms with Crippen LogP contribution in [0.5, 0.6) is 0 Å². The maximum atomic E-state index is 4.47. The maximum Gasteiger partial charge on any atom is 0.132 e. The molecule has 0 aliphatic rings. The Hall–Kier alpha value is -1.62. The number of nitrogens with one attached hydrogen (secondary N) is 2. The van der Waals surface area contributed by atoms with Crippen molar-refractivity contribution in [1.82, 2.24) is 9.97 Å². The van der Waals surface area contributed by atoms with Gasteiger partial charge in [0, 0.05) is 17.2 Å². The number of nitrogens with zero attached hydrogens (tertiary/aromatic N) is 2. The molecule has 0 atom stereocenters. The summed E-state index contributed by atoms with van der Waals surface area (Å²) in [6, 6.07) is 7.82. The summed E-state index contributed by atoms with van der Waals surface area (Å²) < 4.78 is 0.938. The number of halogens is 1. The molecule has 0 radical (unpaired) electrons. The average Bonchev–Trinajstić information content (AvgIpc) is 2.37. The lowest BCUT2D eigenvalue weighted by Crippen LogP contribution is -2.03. The number of anilines is 3. The van der Waals surface area contributed by atoms with Gasteiger partial charge in [0.15, 0.2) is 0 Å². The van der Waals surface area contributed by atoms with Gasteiger partial charge in [-0.1, -0.05) is 13.0 Å². The van der Waals surface area contributed by atoms with E-state index in [1.165, 1.54) is 0 Å². The van der Waals surface area contributed by atoms with Crippen molar-refractivity contribution in [2.24, 2.45) is 0 Å². The Labute approximate surface area is 115 Å². The van der Waals surface area contributed by atoms with Gasteiger partial charge in [-0.05, 0) is 40.5 Å². The van der Waals surface area contributed by atoms with E-state index in [0.29, 0.717) is 0 Å². The van der Waals surface area contributed by atoms with E-state index in [1.54, 1.807) is 12.4 Å². The molecule has 0 aliphatic carbocycles. The molecular formula is C13H15BrN4. The Morgan fingerprint density at radius 2 is 2.06 bits per heavy atom. The fourth-order valence-corrected chi connectivity index (χ4v) is 1.85. The van der Waals surface area contributed by atoms with Crippen LogP contribution in [-0.2, 0) is 0 Å².